The Labute approximate surface area is 176 Å². The highest BCUT2D eigenvalue weighted by Crippen LogP contribution is 2.22. The van der Waals surface area contributed by atoms with Gasteiger partial charge in [-0.2, -0.15) is 0 Å². The van der Waals surface area contributed by atoms with Crippen LogP contribution in [-0.4, -0.2) is 20.2 Å². The molecule has 0 saturated heterocycles. The molecule has 0 atom stereocenters. The van der Waals surface area contributed by atoms with Crippen molar-refractivity contribution in [2.75, 3.05) is 10.0 Å². The number of hydrogen-bond acceptors (Lipinski definition) is 4. The predicted octanol–water partition coefficient (Wildman–Crippen LogP) is 3.63. The van der Waals surface area contributed by atoms with E-state index in [1.165, 1.54) is 60.7 Å². The van der Waals surface area contributed by atoms with Gasteiger partial charge in [0.05, 0.1) is 21.2 Å². The lowest BCUT2D eigenvalue weighted by molar-refractivity contribution is 0.0996. The van der Waals surface area contributed by atoms with Crippen LogP contribution in [0.4, 0.5) is 15.8 Å². The summed E-state index contributed by atoms with van der Waals surface area (Å²) in [7, 11) is -4.04. The molecule has 7 nitrogen and oxygen atoms in total. The molecule has 0 aliphatic carbocycles. The molecule has 0 saturated carbocycles. The number of amides is 2. The van der Waals surface area contributed by atoms with Gasteiger partial charge in [-0.1, -0.05) is 23.7 Å². The van der Waals surface area contributed by atoms with Crippen molar-refractivity contribution >= 4 is 44.8 Å². The fourth-order valence-electron chi connectivity index (χ4n) is 2.53. The third-order valence-corrected chi connectivity index (χ3v) is 5.75. The SMILES string of the molecule is NC(=O)c1cc(NC(=O)c2ccc(S(=O)(=O)Nc3ccccc3F)cc2)ccc1Cl. The Bertz CT molecular complexity index is 1230. The summed E-state index contributed by atoms with van der Waals surface area (Å²) >= 11 is 5.87. The van der Waals surface area contributed by atoms with Gasteiger partial charge in [0.1, 0.15) is 5.82 Å². The first-order valence-electron chi connectivity index (χ1n) is 8.45. The second-order valence-corrected chi connectivity index (χ2v) is 8.21. The van der Waals surface area contributed by atoms with E-state index in [2.05, 4.69) is 10.0 Å². The third-order valence-electron chi connectivity index (χ3n) is 4.03. The third kappa shape index (κ3) is 4.76. The first-order valence-corrected chi connectivity index (χ1v) is 10.3. The molecule has 10 heteroatoms. The molecule has 0 aliphatic heterocycles. The van der Waals surface area contributed by atoms with Crippen molar-refractivity contribution in [3.05, 3.63) is 88.7 Å². The van der Waals surface area contributed by atoms with Gasteiger partial charge in [-0.15, -0.1) is 0 Å². The minimum atomic E-state index is -4.04. The number of nitrogens with two attached hydrogens (primary N) is 1. The number of nitrogens with one attached hydrogen (secondary N) is 2. The van der Waals surface area contributed by atoms with Crippen LogP contribution in [0.5, 0.6) is 0 Å². The van der Waals surface area contributed by atoms with Crippen LogP contribution < -0.4 is 15.8 Å². The number of rotatable bonds is 6. The Morgan fingerprint density at radius 2 is 1.63 bits per heavy atom. The van der Waals surface area contributed by atoms with Crippen LogP contribution in [0.3, 0.4) is 0 Å². The first kappa shape index (κ1) is 21.3. The average molecular weight is 448 g/mol. The van der Waals surface area contributed by atoms with Gasteiger partial charge < -0.3 is 11.1 Å². The summed E-state index contributed by atoms with van der Waals surface area (Å²) < 4.78 is 40.7. The van der Waals surface area contributed by atoms with Crippen molar-refractivity contribution in [3.8, 4) is 0 Å². The normalized spacial score (nSPS) is 11.0. The molecule has 3 aromatic rings. The van der Waals surface area contributed by atoms with Gasteiger partial charge in [0.25, 0.3) is 15.9 Å². The molecule has 154 valence electrons. The monoisotopic (exact) mass is 447 g/mol. The van der Waals surface area contributed by atoms with E-state index in [0.717, 1.165) is 6.07 Å². The fourth-order valence-corrected chi connectivity index (χ4v) is 3.81. The summed E-state index contributed by atoms with van der Waals surface area (Å²) in [6.45, 7) is 0. The topological polar surface area (TPSA) is 118 Å². The number of para-hydroxylation sites is 1. The summed E-state index contributed by atoms with van der Waals surface area (Å²) in [5.41, 5.74) is 5.54. The molecule has 0 unspecified atom stereocenters. The zero-order chi connectivity index (χ0) is 21.9. The van der Waals surface area contributed by atoms with E-state index in [9.17, 15) is 22.4 Å². The van der Waals surface area contributed by atoms with E-state index in [-0.39, 0.29) is 32.4 Å². The van der Waals surface area contributed by atoms with Crippen molar-refractivity contribution in [3.63, 3.8) is 0 Å². The second kappa shape index (κ2) is 8.52. The molecule has 3 aromatic carbocycles. The lowest BCUT2D eigenvalue weighted by Gasteiger charge is -2.10. The van der Waals surface area contributed by atoms with Crippen LogP contribution >= 0.6 is 11.6 Å². The van der Waals surface area contributed by atoms with Gasteiger partial charge in [0.2, 0.25) is 5.91 Å². The molecule has 4 N–H and O–H groups in total. The Kier molecular flexibility index (Phi) is 6.04. The lowest BCUT2D eigenvalue weighted by atomic mass is 10.1. The van der Waals surface area contributed by atoms with Gasteiger partial charge in [-0.25, -0.2) is 12.8 Å². The molecule has 0 spiro atoms. The van der Waals surface area contributed by atoms with Gasteiger partial charge >= 0.3 is 0 Å². The van der Waals surface area contributed by atoms with Gasteiger partial charge in [-0.05, 0) is 54.6 Å². The molecule has 3 rings (SSSR count). The smallest absolute Gasteiger partial charge is 0.261 e. The van der Waals surface area contributed by atoms with Crippen LogP contribution in [-0.2, 0) is 10.0 Å². The Balaban J connectivity index is 1.77. The molecule has 0 radical (unpaired) electrons. The molecule has 0 fully saturated rings. The maximum absolute atomic E-state index is 13.7. The highest BCUT2D eigenvalue weighted by atomic mass is 35.5. The number of sulfonamides is 1. The molecule has 0 bridgehead atoms. The number of benzene rings is 3. The van der Waals surface area contributed by atoms with E-state index < -0.39 is 27.7 Å². The van der Waals surface area contributed by atoms with Crippen LogP contribution in [0.15, 0.2) is 71.6 Å². The average Bonchev–Trinajstić information content (AvgIpc) is 2.71. The summed E-state index contributed by atoms with van der Waals surface area (Å²) in [6, 6.07) is 14.6. The van der Waals surface area contributed by atoms with Crippen molar-refractivity contribution < 1.29 is 22.4 Å². The Morgan fingerprint density at radius 1 is 0.967 bits per heavy atom. The highest BCUT2D eigenvalue weighted by Gasteiger charge is 2.17. The summed E-state index contributed by atoms with van der Waals surface area (Å²) in [4.78, 5) is 23.6. The molecule has 0 heterocycles. The highest BCUT2D eigenvalue weighted by molar-refractivity contribution is 7.92. The maximum Gasteiger partial charge on any atom is 0.261 e. The molecule has 2 amide bonds. The van der Waals surface area contributed by atoms with Crippen LogP contribution in [0, 0.1) is 5.82 Å². The number of carbonyl (C=O) groups is 2. The van der Waals surface area contributed by atoms with Crippen LogP contribution in [0.25, 0.3) is 0 Å². The van der Waals surface area contributed by atoms with Gasteiger partial charge in [0.15, 0.2) is 0 Å². The standard InChI is InChI=1S/C20H15ClFN3O4S/c21-16-10-7-13(11-15(16)19(23)26)24-20(27)12-5-8-14(9-6-12)30(28,29)25-18-4-2-1-3-17(18)22/h1-11,25H,(H2,23,26)(H,24,27). The predicted molar refractivity (Wildman–Crippen MR) is 112 cm³/mol. The number of primary amides is 1. The van der Waals surface area contributed by atoms with Gasteiger partial charge in [-0.3, -0.25) is 14.3 Å². The Hall–Kier alpha value is -3.43. The van der Waals surface area contributed by atoms with Crippen molar-refractivity contribution in [1.82, 2.24) is 0 Å². The number of halogens is 2. The maximum atomic E-state index is 13.7. The molecule has 0 aliphatic rings. The molecule has 0 aromatic heterocycles. The van der Waals surface area contributed by atoms with Crippen molar-refractivity contribution in [2.45, 2.75) is 4.90 Å². The van der Waals surface area contributed by atoms with Crippen molar-refractivity contribution in [2.24, 2.45) is 5.73 Å². The largest absolute Gasteiger partial charge is 0.366 e. The number of hydrogen-bond donors (Lipinski definition) is 3. The van der Waals surface area contributed by atoms with Gasteiger partial charge in [0, 0.05) is 11.3 Å². The molecule has 30 heavy (non-hydrogen) atoms. The first-order chi connectivity index (χ1) is 14.2. The van der Waals surface area contributed by atoms with Crippen LogP contribution in [0.2, 0.25) is 5.02 Å². The molecular weight excluding hydrogens is 433 g/mol. The lowest BCUT2D eigenvalue weighted by Crippen LogP contribution is -2.16. The van der Waals surface area contributed by atoms with E-state index >= 15 is 0 Å². The summed E-state index contributed by atoms with van der Waals surface area (Å²) in [5.74, 6) is -2.00. The zero-order valence-corrected chi connectivity index (χ0v) is 16.8. The van der Waals surface area contributed by atoms with E-state index in [1.54, 1.807) is 0 Å². The minimum absolute atomic E-state index is 0.0510. The quantitative estimate of drug-likeness (QED) is 0.534. The Morgan fingerprint density at radius 3 is 2.27 bits per heavy atom. The zero-order valence-electron chi connectivity index (χ0n) is 15.2. The number of anilines is 2. The number of carbonyl (C=O) groups excluding carboxylic acids is 2. The van der Waals surface area contributed by atoms with E-state index in [4.69, 9.17) is 17.3 Å². The van der Waals surface area contributed by atoms with E-state index in [0.29, 0.717) is 0 Å². The minimum Gasteiger partial charge on any atom is -0.366 e. The van der Waals surface area contributed by atoms with E-state index in [1.807, 2.05) is 0 Å². The van der Waals surface area contributed by atoms with Crippen LogP contribution in [0.1, 0.15) is 20.7 Å². The van der Waals surface area contributed by atoms with Crippen molar-refractivity contribution in [1.29, 1.82) is 0 Å². The summed E-state index contributed by atoms with van der Waals surface area (Å²) in [6.07, 6.45) is 0. The summed E-state index contributed by atoms with van der Waals surface area (Å²) in [5, 5.41) is 2.72. The second-order valence-electron chi connectivity index (χ2n) is 6.12. The fraction of sp³-hybridized carbons (Fsp3) is 0. The molecular formula is C20H15ClFN3O4S.